The van der Waals surface area contributed by atoms with Crippen LogP contribution in [0.1, 0.15) is 5.82 Å². The Morgan fingerprint density at radius 2 is 1.80 bits per heavy atom. The van der Waals surface area contributed by atoms with Crippen LogP contribution in [0.25, 0.3) is 0 Å². The molecule has 7 nitrogen and oxygen atoms in total. The number of nitrogens with two attached hydrogens (primary N) is 1. The highest BCUT2D eigenvalue weighted by Gasteiger charge is 2.38. The third-order valence-corrected chi connectivity index (χ3v) is 3.58. The highest BCUT2D eigenvalue weighted by atomic mass is 32.2. The molecule has 0 fully saturated rings. The first-order valence-electron chi connectivity index (χ1n) is 6.55. The zero-order valence-electron chi connectivity index (χ0n) is 12.1. The second-order valence-corrected chi connectivity index (χ2v) is 5.44. The Hall–Kier alpha value is -2.89. The number of halogens is 4. The topological polar surface area (TPSA) is 91.7 Å². The van der Waals surface area contributed by atoms with Crippen LogP contribution in [0.15, 0.2) is 46.8 Å². The lowest BCUT2D eigenvalue weighted by molar-refractivity contribution is -0.146. The van der Waals surface area contributed by atoms with E-state index < -0.39 is 17.8 Å². The molecule has 2 heterocycles. The minimum Gasteiger partial charge on any atom is -0.439 e. The van der Waals surface area contributed by atoms with Gasteiger partial charge in [0, 0.05) is 12.3 Å². The number of hydrogen-bond donors (Lipinski definition) is 1. The molecule has 0 atom stereocenters. The summed E-state index contributed by atoms with van der Waals surface area (Å²) in [5, 5.41) is 6.17. The smallest absolute Gasteiger partial charge is 0.439 e. The number of rotatable bonds is 4. The lowest BCUT2D eigenvalue weighted by Crippen LogP contribution is -2.21. The Kier molecular flexibility index (Phi) is 4.44. The van der Waals surface area contributed by atoms with Crippen molar-refractivity contribution in [2.24, 2.45) is 0 Å². The summed E-state index contributed by atoms with van der Waals surface area (Å²) in [5.41, 5.74) is 0. The maximum Gasteiger partial charge on any atom is 0.453 e. The number of aromatic nitrogens is 5. The number of hydrogen-bond acceptors (Lipinski definition) is 7. The minimum atomic E-state index is -4.73. The quantitative estimate of drug-likeness (QED) is 0.428. The molecule has 0 saturated heterocycles. The molecule has 3 aromatic rings. The molecule has 0 aliphatic rings. The van der Waals surface area contributed by atoms with Gasteiger partial charge in [0.15, 0.2) is 5.16 Å². The molecule has 3 rings (SSSR count). The van der Waals surface area contributed by atoms with Gasteiger partial charge in [-0.1, -0.05) is 0 Å². The summed E-state index contributed by atoms with van der Waals surface area (Å²) in [5.74, 6) is 4.03. The third-order valence-electron chi connectivity index (χ3n) is 2.74. The van der Waals surface area contributed by atoms with Crippen LogP contribution in [-0.2, 0) is 6.18 Å². The lowest BCUT2D eigenvalue weighted by atomic mass is 10.3. The Balaban J connectivity index is 1.78. The normalized spacial score (nSPS) is 11.5. The molecule has 2 aromatic heterocycles. The van der Waals surface area contributed by atoms with E-state index in [4.69, 9.17) is 10.6 Å². The van der Waals surface area contributed by atoms with Gasteiger partial charge in [-0.15, -0.1) is 10.2 Å². The molecule has 0 aliphatic carbocycles. The number of benzene rings is 1. The number of alkyl halides is 3. The minimum absolute atomic E-state index is 0.0486. The van der Waals surface area contributed by atoms with Gasteiger partial charge >= 0.3 is 6.18 Å². The van der Waals surface area contributed by atoms with Gasteiger partial charge in [-0.25, -0.2) is 14.1 Å². The number of nitrogens with zero attached hydrogens (tertiary/aromatic N) is 5. The van der Waals surface area contributed by atoms with Crippen molar-refractivity contribution in [1.82, 2.24) is 24.8 Å². The average Bonchev–Trinajstić information content (AvgIpc) is 2.91. The van der Waals surface area contributed by atoms with Crippen molar-refractivity contribution in [2.75, 3.05) is 5.84 Å². The van der Waals surface area contributed by atoms with Crippen molar-refractivity contribution in [3.05, 3.63) is 48.2 Å². The zero-order valence-corrected chi connectivity index (χ0v) is 12.9. The van der Waals surface area contributed by atoms with Gasteiger partial charge < -0.3 is 10.6 Å². The van der Waals surface area contributed by atoms with E-state index in [9.17, 15) is 17.6 Å². The molecule has 12 heteroatoms. The van der Waals surface area contributed by atoms with E-state index in [1.54, 1.807) is 0 Å². The maximum absolute atomic E-state index is 12.9. The molecule has 25 heavy (non-hydrogen) atoms. The number of ether oxygens (including phenoxy) is 1. The van der Waals surface area contributed by atoms with Crippen molar-refractivity contribution < 1.29 is 22.3 Å². The molecular formula is C13H8F4N6OS. The molecule has 1 aromatic carbocycles. The standard InChI is InChI=1S/C13H8F4N6OS/c14-7-1-3-8(4-2-7)24-9-5-6-19-11(20-9)25-12-22-21-10(23(12)18)13(15,16)17/h1-6H,18H2. The van der Waals surface area contributed by atoms with Crippen molar-refractivity contribution in [3.63, 3.8) is 0 Å². The highest BCUT2D eigenvalue weighted by molar-refractivity contribution is 7.99. The maximum atomic E-state index is 12.9. The van der Waals surface area contributed by atoms with Crippen LogP contribution in [-0.4, -0.2) is 24.8 Å². The molecule has 0 saturated carbocycles. The summed E-state index contributed by atoms with van der Waals surface area (Å²) in [6.07, 6.45) is -3.38. The van der Waals surface area contributed by atoms with E-state index in [0.29, 0.717) is 22.2 Å². The van der Waals surface area contributed by atoms with E-state index in [1.807, 2.05) is 0 Å². The second kappa shape index (κ2) is 6.55. The summed E-state index contributed by atoms with van der Waals surface area (Å²) < 4.78 is 56.5. The second-order valence-electron chi connectivity index (χ2n) is 4.51. The largest absolute Gasteiger partial charge is 0.453 e. The highest BCUT2D eigenvalue weighted by Crippen LogP contribution is 2.31. The fourth-order valence-corrected chi connectivity index (χ4v) is 2.36. The van der Waals surface area contributed by atoms with Crippen LogP contribution in [0, 0.1) is 5.82 Å². The van der Waals surface area contributed by atoms with Crippen LogP contribution in [0.2, 0.25) is 0 Å². The molecule has 0 bridgehead atoms. The van der Waals surface area contributed by atoms with Gasteiger partial charge in [0.2, 0.25) is 11.0 Å². The predicted octanol–water partition coefficient (Wildman–Crippen LogP) is 2.88. The number of nitrogen functional groups attached to an aromatic ring is 1. The Morgan fingerprint density at radius 1 is 1.08 bits per heavy atom. The lowest BCUT2D eigenvalue weighted by Gasteiger charge is -2.07. The van der Waals surface area contributed by atoms with Gasteiger partial charge in [0.25, 0.3) is 5.82 Å². The van der Waals surface area contributed by atoms with Gasteiger partial charge in [0.05, 0.1) is 0 Å². The fourth-order valence-electron chi connectivity index (χ4n) is 1.68. The molecule has 2 N–H and O–H groups in total. The molecular weight excluding hydrogens is 364 g/mol. The zero-order chi connectivity index (χ0) is 18.0. The Morgan fingerprint density at radius 3 is 2.44 bits per heavy atom. The third kappa shape index (κ3) is 3.96. The first-order chi connectivity index (χ1) is 11.8. The average molecular weight is 372 g/mol. The first-order valence-corrected chi connectivity index (χ1v) is 7.36. The summed E-state index contributed by atoms with van der Waals surface area (Å²) in [7, 11) is 0. The van der Waals surface area contributed by atoms with Crippen LogP contribution < -0.4 is 10.6 Å². The van der Waals surface area contributed by atoms with Crippen LogP contribution >= 0.6 is 11.8 Å². The van der Waals surface area contributed by atoms with E-state index in [2.05, 4.69) is 20.2 Å². The predicted molar refractivity (Wildman–Crippen MR) is 77.8 cm³/mol. The van der Waals surface area contributed by atoms with E-state index in [-0.39, 0.29) is 16.2 Å². The summed E-state index contributed by atoms with van der Waals surface area (Å²) >= 11 is 0.680. The Labute approximate surface area is 141 Å². The molecule has 0 radical (unpaired) electrons. The summed E-state index contributed by atoms with van der Waals surface area (Å²) in [6.45, 7) is 0. The van der Waals surface area contributed by atoms with Crippen molar-refractivity contribution >= 4 is 11.8 Å². The van der Waals surface area contributed by atoms with E-state index in [1.165, 1.54) is 36.5 Å². The summed E-state index contributed by atoms with van der Waals surface area (Å²) in [6, 6.07) is 6.65. The molecule has 0 unspecified atom stereocenters. The van der Waals surface area contributed by atoms with Gasteiger partial charge in [-0.3, -0.25) is 0 Å². The van der Waals surface area contributed by atoms with E-state index >= 15 is 0 Å². The monoisotopic (exact) mass is 372 g/mol. The van der Waals surface area contributed by atoms with Crippen LogP contribution in [0.5, 0.6) is 11.6 Å². The molecule has 130 valence electrons. The van der Waals surface area contributed by atoms with Crippen molar-refractivity contribution in [1.29, 1.82) is 0 Å². The fraction of sp³-hybridized carbons (Fsp3) is 0.0769. The van der Waals surface area contributed by atoms with Gasteiger partial charge in [0.1, 0.15) is 11.6 Å². The summed E-state index contributed by atoms with van der Waals surface area (Å²) in [4.78, 5) is 7.91. The van der Waals surface area contributed by atoms with Crippen LogP contribution in [0.3, 0.4) is 0 Å². The Bertz CT molecular complexity index is 883. The molecule has 0 amide bonds. The molecule has 0 aliphatic heterocycles. The van der Waals surface area contributed by atoms with Crippen molar-refractivity contribution in [2.45, 2.75) is 16.5 Å². The van der Waals surface area contributed by atoms with E-state index in [0.717, 1.165) is 0 Å². The van der Waals surface area contributed by atoms with Gasteiger partial charge in [-0.2, -0.15) is 18.2 Å². The first kappa shape index (κ1) is 17.0. The SMILES string of the molecule is Nn1c(Sc2nccc(Oc3ccc(F)cc3)n2)nnc1C(F)(F)F. The molecule has 0 spiro atoms. The van der Waals surface area contributed by atoms with Crippen molar-refractivity contribution in [3.8, 4) is 11.6 Å². The van der Waals surface area contributed by atoms with Gasteiger partial charge in [-0.05, 0) is 36.0 Å². The van der Waals surface area contributed by atoms with Crippen LogP contribution in [0.4, 0.5) is 17.6 Å².